The molecule has 5 rings (SSSR count). The molecule has 2 aliphatic rings. The first-order valence-corrected chi connectivity index (χ1v) is 9.96. The van der Waals surface area contributed by atoms with Crippen molar-refractivity contribution in [3.63, 3.8) is 0 Å². The molecule has 0 radical (unpaired) electrons. The van der Waals surface area contributed by atoms with Crippen LogP contribution in [0.15, 0.2) is 78.8 Å². The summed E-state index contributed by atoms with van der Waals surface area (Å²) in [5.74, 6) is 0.520. The van der Waals surface area contributed by atoms with Crippen LogP contribution in [0.4, 0.5) is 5.95 Å². The summed E-state index contributed by atoms with van der Waals surface area (Å²) in [5.41, 5.74) is 3.01. The van der Waals surface area contributed by atoms with Crippen LogP contribution in [-0.2, 0) is 4.79 Å². The summed E-state index contributed by atoms with van der Waals surface area (Å²) in [4.78, 5) is 17.6. The highest BCUT2D eigenvalue weighted by atomic mass is 35.5. The Morgan fingerprint density at radius 2 is 2.00 bits per heavy atom. The maximum absolute atomic E-state index is 13.2. The molecule has 0 saturated carbocycles. The smallest absolute Gasteiger partial charge is 0.225 e. The van der Waals surface area contributed by atoms with Gasteiger partial charge in [0.2, 0.25) is 5.95 Å². The highest BCUT2D eigenvalue weighted by Gasteiger charge is 2.41. The van der Waals surface area contributed by atoms with Gasteiger partial charge >= 0.3 is 0 Å². The van der Waals surface area contributed by atoms with E-state index in [1.807, 2.05) is 66.7 Å². The molecule has 29 heavy (non-hydrogen) atoms. The van der Waals surface area contributed by atoms with Gasteiger partial charge in [-0.25, -0.2) is 4.68 Å². The van der Waals surface area contributed by atoms with Gasteiger partial charge < -0.3 is 5.32 Å². The van der Waals surface area contributed by atoms with Crippen LogP contribution in [0.1, 0.15) is 29.5 Å². The number of fused-ring (bicyclic) bond motifs is 2. The molecule has 1 aromatic heterocycles. The van der Waals surface area contributed by atoms with Crippen LogP contribution in [0.5, 0.6) is 0 Å². The van der Waals surface area contributed by atoms with Crippen LogP contribution in [-0.4, -0.2) is 20.5 Å². The minimum atomic E-state index is -0.306. The van der Waals surface area contributed by atoms with Crippen LogP contribution in [0.25, 0.3) is 6.08 Å². The topological polar surface area (TPSA) is 59.8 Å². The Bertz CT molecular complexity index is 1120. The number of benzene rings is 2. The lowest BCUT2D eigenvalue weighted by Crippen LogP contribution is -2.38. The van der Waals surface area contributed by atoms with E-state index in [1.54, 1.807) is 4.68 Å². The molecule has 0 amide bonds. The third-order valence-corrected chi connectivity index (χ3v) is 5.73. The molecule has 0 saturated heterocycles. The number of allylic oxidation sites excluding steroid dienone is 3. The zero-order valence-electron chi connectivity index (χ0n) is 15.6. The van der Waals surface area contributed by atoms with Crippen molar-refractivity contribution in [1.82, 2.24) is 14.8 Å². The molecule has 3 aromatic rings. The van der Waals surface area contributed by atoms with Crippen molar-refractivity contribution in [1.29, 1.82) is 0 Å². The van der Waals surface area contributed by atoms with Gasteiger partial charge in [-0.3, -0.25) is 4.79 Å². The van der Waals surface area contributed by atoms with Gasteiger partial charge in [-0.1, -0.05) is 72.3 Å². The van der Waals surface area contributed by atoms with Crippen molar-refractivity contribution in [2.24, 2.45) is 5.92 Å². The summed E-state index contributed by atoms with van der Waals surface area (Å²) in [6.45, 7) is 0. The Hall–Kier alpha value is -3.18. The van der Waals surface area contributed by atoms with E-state index in [-0.39, 0.29) is 23.7 Å². The SMILES string of the molecule is O=C1C[C@@H](c2cccc(Cl)c2)C=C2Nc3ncnn3[C@@H](/C=C/c3ccccc3)[C@H]12. The Kier molecular flexibility index (Phi) is 4.52. The second-order valence-electron chi connectivity index (χ2n) is 7.35. The summed E-state index contributed by atoms with van der Waals surface area (Å²) >= 11 is 6.16. The lowest BCUT2D eigenvalue weighted by Gasteiger charge is -2.36. The van der Waals surface area contributed by atoms with E-state index >= 15 is 0 Å². The maximum atomic E-state index is 13.2. The average Bonchev–Trinajstić information content (AvgIpc) is 3.20. The second kappa shape index (κ2) is 7.33. The zero-order valence-corrected chi connectivity index (χ0v) is 16.3. The number of hydrogen-bond acceptors (Lipinski definition) is 4. The van der Waals surface area contributed by atoms with Crippen molar-refractivity contribution in [2.45, 2.75) is 18.4 Å². The number of hydrogen-bond donors (Lipinski definition) is 1. The van der Waals surface area contributed by atoms with E-state index in [2.05, 4.69) is 21.5 Å². The first-order valence-electron chi connectivity index (χ1n) is 9.59. The number of Topliss-reactive ketones (excluding diaryl/α,β-unsaturated/α-hetero) is 1. The van der Waals surface area contributed by atoms with Crippen molar-refractivity contribution in [3.05, 3.63) is 94.9 Å². The molecular formula is C23H19ClN4O. The van der Waals surface area contributed by atoms with E-state index in [9.17, 15) is 4.79 Å². The molecule has 0 bridgehead atoms. The van der Waals surface area contributed by atoms with E-state index in [1.165, 1.54) is 6.33 Å². The zero-order chi connectivity index (χ0) is 19.8. The van der Waals surface area contributed by atoms with Gasteiger partial charge in [-0.2, -0.15) is 10.1 Å². The van der Waals surface area contributed by atoms with Gasteiger partial charge in [0, 0.05) is 23.1 Å². The molecule has 0 fully saturated rings. The van der Waals surface area contributed by atoms with Crippen molar-refractivity contribution < 1.29 is 4.79 Å². The number of ketones is 1. The first kappa shape index (κ1) is 17.9. The third kappa shape index (κ3) is 3.38. The van der Waals surface area contributed by atoms with Gasteiger partial charge in [0.15, 0.2) is 0 Å². The number of anilines is 1. The average molecular weight is 403 g/mol. The van der Waals surface area contributed by atoms with Crippen LogP contribution in [0, 0.1) is 5.92 Å². The number of aromatic nitrogens is 3. The predicted molar refractivity (Wildman–Crippen MR) is 114 cm³/mol. The molecule has 1 N–H and O–H groups in total. The number of halogens is 1. The largest absolute Gasteiger partial charge is 0.328 e. The number of carbonyl (C=O) groups is 1. The van der Waals surface area contributed by atoms with E-state index in [0.717, 1.165) is 16.8 Å². The van der Waals surface area contributed by atoms with Crippen LogP contribution in [0.2, 0.25) is 5.02 Å². The van der Waals surface area contributed by atoms with E-state index < -0.39 is 0 Å². The molecule has 144 valence electrons. The standard InChI is InChI=1S/C23H19ClN4O/c24-18-8-4-7-16(11-18)17-12-19-22(21(29)13-17)20(28-23(27-19)25-14-26-28)10-9-15-5-2-1-3-6-15/h1-12,14,17,20,22H,13H2,(H,25,26,27)/b10-9+/t17-,20-,22+/m0/s1. The lowest BCUT2D eigenvalue weighted by molar-refractivity contribution is -0.123. The molecule has 1 aliphatic carbocycles. The number of nitrogens with one attached hydrogen (secondary N) is 1. The van der Waals surface area contributed by atoms with Gasteiger partial charge in [0.1, 0.15) is 12.1 Å². The predicted octanol–water partition coefficient (Wildman–Crippen LogP) is 4.87. The Morgan fingerprint density at radius 3 is 2.83 bits per heavy atom. The molecule has 6 heteroatoms. The first-order chi connectivity index (χ1) is 14.2. The second-order valence-corrected chi connectivity index (χ2v) is 7.78. The molecule has 0 spiro atoms. The number of nitrogens with zero attached hydrogens (tertiary/aromatic N) is 3. The fourth-order valence-corrected chi connectivity index (χ4v) is 4.33. The van der Waals surface area contributed by atoms with Gasteiger partial charge in [0.25, 0.3) is 0 Å². The Morgan fingerprint density at radius 1 is 1.14 bits per heavy atom. The van der Waals surface area contributed by atoms with Crippen LogP contribution < -0.4 is 5.32 Å². The normalized spacial score (nSPS) is 23.3. The highest BCUT2D eigenvalue weighted by molar-refractivity contribution is 6.30. The third-order valence-electron chi connectivity index (χ3n) is 5.50. The monoisotopic (exact) mass is 402 g/mol. The van der Waals surface area contributed by atoms with Crippen LogP contribution >= 0.6 is 11.6 Å². The highest BCUT2D eigenvalue weighted by Crippen LogP contribution is 2.42. The summed E-state index contributed by atoms with van der Waals surface area (Å²) in [5, 5.41) is 8.35. The maximum Gasteiger partial charge on any atom is 0.225 e. The van der Waals surface area contributed by atoms with Crippen molar-refractivity contribution in [3.8, 4) is 0 Å². The quantitative estimate of drug-likeness (QED) is 0.679. The Balaban J connectivity index is 1.53. The van der Waals surface area contributed by atoms with Crippen molar-refractivity contribution in [2.75, 3.05) is 5.32 Å². The summed E-state index contributed by atoms with van der Waals surface area (Å²) < 4.78 is 1.79. The molecule has 3 atom stereocenters. The molecule has 0 unspecified atom stereocenters. The molecule has 1 aliphatic heterocycles. The van der Waals surface area contributed by atoms with Crippen LogP contribution in [0.3, 0.4) is 0 Å². The molecule has 2 aromatic carbocycles. The summed E-state index contributed by atoms with van der Waals surface area (Å²) in [7, 11) is 0. The van der Waals surface area contributed by atoms with E-state index in [0.29, 0.717) is 17.4 Å². The number of rotatable bonds is 3. The minimum absolute atomic E-state index is 0.00632. The fourth-order valence-electron chi connectivity index (χ4n) is 4.14. The summed E-state index contributed by atoms with van der Waals surface area (Å²) in [6, 6.07) is 17.5. The molecular weight excluding hydrogens is 384 g/mol. The minimum Gasteiger partial charge on any atom is -0.328 e. The van der Waals surface area contributed by atoms with Crippen molar-refractivity contribution >= 4 is 29.4 Å². The van der Waals surface area contributed by atoms with Gasteiger partial charge in [0.05, 0.1) is 12.0 Å². The summed E-state index contributed by atoms with van der Waals surface area (Å²) in [6.07, 6.45) is 8.18. The lowest BCUT2D eigenvalue weighted by atomic mass is 9.77. The van der Waals surface area contributed by atoms with Gasteiger partial charge in [-0.05, 0) is 23.3 Å². The number of carbonyl (C=O) groups excluding carboxylic acids is 1. The fraction of sp³-hybridized carbons (Fsp3) is 0.174. The van der Waals surface area contributed by atoms with E-state index in [4.69, 9.17) is 11.6 Å². The molecule has 5 nitrogen and oxygen atoms in total. The Labute approximate surface area is 173 Å². The molecule has 2 heterocycles. The van der Waals surface area contributed by atoms with Gasteiger partial charge in [-0.15, -0.1) is 0 Å².